The maximum Gasteiger partial charge on any atom is 0.162 e. The molecule has 198 valence electrons. The molecule has 4 heteroatoms. The summed E-state index contributed by atoms with van der Waals surface area (Å²) in [7, 11) is 1.77. The van der Waals surface area contributed by atoms with Gasteiger partial charge in [0.05, 0.1) is 17.1 Å². The fourth-order valence-corrected chi connectivity index (χ4v) is 5.52. The Labute approximate surface area is 228 Å². The summed E-state index contributed by atoms with van der Waals surface area (Å²) in [5.41, 5.74) is 14.0. The number of ketones is 1. The van der Waals surface area contributed by atoms with Crippen molar-refractivity contribution in [3.05, 3.63) is 99.2 Å². The van der Waals surface area contributed by atoms with Crippen LogP contribution >= 0.6 is 0 Å². The summed E-state index contributed by atoms with van der Waals surface area (Å²) in [5.74, 6) is 0.973. The Morgan fingerprint density at radius 1 is 1.18 bits per heavy atom. The van der Waals surface area contributed by atoms with Crippen LogP contribution in [0.1, 0.15) is 60.8 Å². The van der Waals surface area contributed by atoms with Crippen molar-refractivity contribution in [3.63, 3.8) is 0 Å². The molecular formula is C34H41N3O. The van der Waals surface area contributed by atoms with Crippen LogP contribution in [0, 0.1) is 11.8 Å². The summed E-state index contributed by atoms with van der Waals surface area (Å²) in [6, 6.07) is 0. The molecule has 4 aliphatic rings. The monoisotopic (exact) mass is 507 g/mol. The number of nitrogens with zero attached hydrogens (tertiary/aromatic N) is 3. The van der Waals surface area contributed by atoms with E-state index in [4.69, 9.17) is 4.99 Å². The van der Waals surface area contributed by atoms with E-state index in [0.29, 0.717) is 23.7 Å². The van der Waals surface area contributed by atoms with Crippen LogP contribution in [0.4, 0.5) is 0 Å². The number of likely N-dealkylation sites (tertiary alicyclic amines) is 1. The minimum absolute atomic E-state index is 0.0462. The van der Waals surface area contributed by atoms with Gasteiger partial charge in [-0.25, -0.2) is 4.99 Å². The number of allylic oxidation sites excluding steroid dienone is 13. The molecule has 0 amide bonds. The van der Waals surface area contributed by atoms with Crippen LogP contribution in [0.2, 0.25) is 0 Å². The Morgan fingerprint density at radius 3 is 2.63 bits per heavy atom. The van der Waals surface area contributed by atoms with Crippen LogP contribution < -0.4 is 0 Å². The number of fused-ring (bicyclic) bond motifs is 1. The van der Waals surface area contributed by atoms with Crippen molar-refractivity contribution in [1.82, 2.24) is 4.90 Å². The minimum atomic E-state index is 0.0462. The van der Waals surface area contributed by atoms with Crippen molar-refractivity contribution in [2.24, 2.45) is 21.8 Å². The first-order valence-corrected chi connectivity index (χ1v) is 13.9. The number of hydrogen-bond donors (Lipinski definition) is 0. The molecule has 38 heavy (non-hydrogen) atoms. The largest absolute Gasteiger partial charge is 0.371 e. The fraction of sp³-hybridized carbons (Fsp3) is 0.412. The van der Waals surface area contributed by atoms with Crippen molar-refractivity contribution in [3.8, 4) is 0 Å². The van der Waals surface area contributed by atoms with Gasteiger partial charge in [-0.3, -0.25) is 9.79 Å². The number of hydrogen-bond acceptors (Lipinski definition) is 4. The molecule has 0 aromatic heterocycles. The standard InChI is InChI=1S/C34H41N3O/c1-8-26(9-2)16-27-20-37(21-27)29-11-10-28-17-30(38)18-34(36-32(28)13-12-29)33(35-7)19-31-24(5)14-22(3)23(4)15-25(31)6/h8,10-14,18-19,24,27H,9,16-17,20-21H2,1-7H3/b26-8-,31-19+,35-33?. The van der Waals surface area contributed by atoms with Gasteiger partial charge in [-0.1, -0.05) is 37.6 Å². The molecule has 0 radical (unpaired) electrons. The zero-order chi connectivity index (χ0) is 27.4. The number of carbonyl (C=O) groups excluding carboxylic acids is 1. The molecule has 1 fully saturated rings. The molecule has 0 N–H and O–H groups in total. The van der Waals surface area contributed by atoms with E-state index in [2.05, 4.69) is 99.7 Å². The highest BCUT2D eigenvalue weighted by molar-refractivity contribution is 6.20. The summed E-state index contributed by atoms with van der Waals surface area (Å²) in [6.45, 7) is 15.0. The highest BCUT2D eigenvalue weighted by Crippen LogP contribution is 2.31. The number of carbonyl (C=O) groups is 1. The lowest BCUT2D eigenvalue weighted by Crippen LogP contribution is -2.45. The molecule has 0 aromatic rings. The second-order valence-electron chi connectivity index (χ2n) is 10.8. The first-order chi connectivity index (χ1) is 18.2. The summed E-state index contributed by atoms with van der Waals surface area (Å²) in [4.78, 5) is 24.9. The SMILES string of the molecule is C/C=C(/CC)CC1CN(C2=CC=C3CC(=O)C=C(C(/C=C4/C(C)=C=C(C)C(C)=CC4C)=NC)N=C3C=C2)C1. The van der Waals surface area contributed by atoms with Gasteiger partial charge in [-0.05, 0) is 98.6 Å². The highest BCUT2D eigenvalue weighted by Gasteiger charge is 2.28. The van der Waals surface area contributed by atoms with E-state index >= 15 is 0 Å². The van der Waals surface area contributed by atoms with Crippen molar-refractivity contribution < 1.29 is 4.79 Å². The average molecular weight is 508 g/mol. The van der Waals surface area contributed by atoms with Crippen molar-refractivity contribution in [2.45, 2.75) is 60.8 Å². The normalized spacial score (nSPS) is 24.1. The second-order valence-corrected chi connectivity index (χ2v) is 10.8. The van der Waals surface area contributed by atoms with E-state index in [-0.39, 0.29) is 11.7 Å². The van der Waals surface area contributed by atoms with Gasteiger partial charge in [-0.15, -0.1) is 5.73 Å². The second kappa shape index (κ2) is 11.9. The first-order valence-electron chi connectivity index (χ1n) is 13.9. The molecule has 1 saturated heterocycles. The van der Waals surface area contributed by atoms with Crippen LogP contribution in [-0.4, -0.2) is 42.2 Å². The Kier molecular flexibility index (Phi) is 8.64. The lowest BCUT2D eigenvalue weighted by atomic mass is 9.90. The van der Waals surface area contributed by atoms with E-state index in [9.17, 15) is 4.79 Å². The van der Waals surface area contributed by atoms with Crippen molar-refractivity contribution >= 4 is 17.2 Å². The number of aliphatic imine (C=N–C) groups is 2. The zero-order valence-electron chi connectivity index (χ0n) is 24.1. The zero-order valence-corrected chi connectivity index (χ0v) is 24.1. The molecule has 4 rings (SSSR count). The third kappa shape index (κ3) is 6.14. The van der Waals surface area contributed by atoms with Gasteiger partial charge >= 0.3 is 0 Å². The maximum absolute atomic E-state index is 13.0. The summed E-state index contributed by atoms with van der Waals surface area (Å²) < 4.78 is 0. The Hall–Kier alpha value is -3.49. The summed E-state index contributed by atoms with van der Waals surface area (Å²) in [5, 5.41) is 0. The van der Waals surface area contributed by atoms with Gasteiger partial charge in [0.15, 0.2) is 5.78 Å². The molecule has 1 unspecified atom stereocenters. The van der Waals surface area contributed by atoms with Crippen LogP contribution in [-0.2, 0) is 4.79 Å². The molecule has 0 spiro atoms. The minimum Gasteiger partial charge on any atom is -0.371 e. The molecule has 4 nitrogen and oxygen atoms in total. The third-order valence-electron chi connectivity index (χ3n) is 8.02. The fourth-order valence-electron chi connectivity index (χ4n) is 5.52. The smallest absolute Gasteiger partial charge is 0.162 e. The van der Waals surface area contributed by atoms with Gasteiger partial charge < -0.3 is 4.90 Å². The predicted molar refractivity (Wildman–Crippen MR) is 160 cm³/mol. The Balaban J connectivity index is 1.58. The van der Waals surface area contributed by atoms with Gasteiger partial charge in [0, 0.05) is 44.2 Å². The van der Waals surface area contributed by atoms with Crippen molar-refractivity contribution in [1.29, 1.82) is 0 Å². The van der Waals surface area contributed by atoms with Crippen LogP contribution in [0.3, 0.4) is 0 Å². The van der Waals surface area contributed by atoms with Gasteiger partial charge in [0.25, 0.3) is 0 Å². The van der Waals surface area contributed by atoms with Gasteiger partial charge in [-0.2, -0.15) is 0 Å². The van der Waals surface area contributed by atoms with Crippen LogP contribution in [0.25, 0.3) is 0 Å². The van der Waals surface area contributed by atoms with E-state index in [1.54, 1.807) is 18.7 Å². The van der Waals surface area contributed by atoms with E-state index < -0.39 is 0 Å². The topological polar surface area (TPSA) is 45.0 Å². The molecule has 1 atom stereocenters. The predicted octanol–water partition coefficient (Wildman–Crippen LogP) is 7.43. The highest BCUT2D eigenvalue weighted by atomic mass is 16.1. The maximum atomic E-state index is 13.0. The molecule has 0 bridgehead atoms. The quantitative estimate of drug-likeness (QED) is 0.213. The number of rotatable bonds is 6. The molecule has 2 aliphatic heterocycles. The van der Waals surface area contributed by atoms with E-state index in [1.165, 1.54) is 17.7 Å². The summed E-state index contributed by atoms with van der Waals surface area (Å²) >= 11 is 0. The average Bonchev–Trinajstić information content (AvgIpc) is 3.18. The molecule has 2 aliphatic carbocycles. The van der Waals surface area contributed by atoms with E-state index in [0.717, 1.165) is 47.5 Å². The Bertz CT molecular complexity index is 1350. The lowest BCUT2D eigenvalue weighted by Gasteiger charge is -2.42. The third-order valence-corrected chi connectivity index (χ3v) is 8.02. The van der Waals surface area contributed by atoms with Crippen LogP contribution in [0.5, 0.6) is 0 Å². The molecule has 2 heterocycles. The van der Waals surface area contributed by atoms with Crippen LogP contribution in [0.15, 0.2) is 109 Å². The first kappa shape index (κ1) is 27.5. The van der Waals surface area contributed by atoms with Gasteiger partial charge in [0.1, 0.15) is 0 Å². The molecule has 0 saturated carbocycles. The van der Waals surface area contributed by atoms with E-state index in [1.807, 2.05) is 0 Å². The lowest BCUT2D eigenvalue weighted by molar-refractivity contribution is -0.113. The summed E-state index contributed by atoms with van der Waals surface area (Å²) in [6.07, 6.45) is 19.3. The molecule has 0 aromatic carbocycles. The molecular weight excluding hydrogens is 466 g/mol. The van der Waals surface area contributed by atoms with Crippen molar-refractivity contribution in [2.75, 3.05) is 20.1 Å². The van der Waals surface area contributed by atoms with Gasteiger partial charge in [0.2, 0.25) is 0 Å². The Morgan fingerprint density at radius 2 is 1.95 bits per heavy atom.